The molecule has 6 heteroatoms. The maximum atomic E-state index is 6.12. The van der Waals surface area contributed by atoms with Crippen molar-refractivity contribution < 1.29 is 4.74 Å². The number of hydrogen-bond donors (Lipinski definition) is 1. The summed E-state index contributed by atoms with van der Waals surface area (Å²) in [6.45, 7) is 1.96. The lowest BCUT2D eigenvalue weighted by Crippen LogP contribution is -2.19. The van der Waals surface area contributed by atoms with Crippen molar-refractivity contribution in [2.75, 3.05) is 0 Å². The van der Waals surface area contributed by atoms with Gasteiger partial charge in [-0.3, -0.25) is 4.40 Å². The van der Waals surface area contributed by atoms with E-state index in [0.717, 1.165) is 10.7 Å². The summed E-state index contributed by atoms with van der Waals surface area (Å²) in [4.78, 5) is 5.40. The summed E-state index contributed by atoms with van der Waals surface area (Å²) >= 11 is 7.69. The third-order valence-electron chi connectivity index (χ3n) is 2.88. The van der Waals surface area contributed by atoms with Crippen LogP contribution in [0.1, 0.15) is 12.6 Å². The molecule has 2 N–H and O–H groups in total. The molecule has 0 saturated carbocycles. The minimum Gasteiger partial charge on any atom is -0.436 e. The summed E-state index contributed by atoms with van der Waals surface area (Å²) in [6.07, 6.45) is 2.67. The number of imidazole rings is 1. The van der Waals surface area contributed by atoms with E-state index in [9.17, 15) is 0 Å². The molecule has 4 nitrogen and oxygen atoms in total. The second-order valence-corrected chi connectivity index (χ2v) is 5.91. The summed E-state index contributed by atoms with van der Waals surface area (Å²) in [5, 5.41) is 2.56. The van der Waals surface area contributed by atoms with Gasteiger partial charge in [0.25, 0.3) is 0 Å². The van der Waals surface area contributed by atoms with Gasteiger partial charge in [-0.15, -0.1) is 11.3 Å². The highest BCUT2D eigenvalue weighted by Gasteiger charge is 2.17. The Hall–Kier alpha value is -1.56. The molecule has 0 saturated heterocycles. The first-order valence-electron chi connectivity index (χ1n) is 6.27. The standard InChI is InChI=1S/C14H14ClN3OS/c1-9(16)8-11-13(17-14-18(11)6-7-20-14)19-12-5-3-2-4-10(12)15/h2-7,9H,8,16H2,1H3. The van der Waals surface area contributed by atoms with Crippen molar-refractivity contribution in [3.8, 4) is 11.6 Å². The van der Waals surface area contributed by atoms with Crippen LogP contribution in [0.3, 0.4) is 0 Å². The molecule has 0 amide bonds. The van der Waals surface area contributed by atoms with Crippen molar-refractivity contribution >= 4 is 27.9 Å². The number of nitrogens with two attached hydrogens (primary N) is 1. The van der Waals surface area contributed by atoms with E-state index in [-0.39, 0.29) is 6.04 Å². The third kappa shape index (κ3) is 2.52. The Labute approximate surface area is 125 Å². The fraction of sp³-hybridized carbons (Fsp3) is 0.214. The molecule has 20 heavy (non-hydrogen) atoms. The number of rotatable bonds is 4. The average Bonchev–Trinajstić information content (AvgIpc) is 2.95. The van der Waals surface area contributed by atoms with E-state index >= 15 is 0 Å². The highest BCUT2D eigenvalue weighted by atomic mass is 35.5. The fourth-order valence-corrected chi connectivity index (χ4v) is 2.92. The zero-order chi connectivity index (χ0) is 14.1. The van der Waals surface area contributed by atoms with E-state index in [1.165, 1.54) is 0 Å². The van der Waals surface area contributed by atoms with Crippen LogP contribution in [0, 0.1) is 0 Å². The number of para-hydroxylation sites is 1. The molecule has 1 atom stereocenters. The van der Waals surface area contributed by atoms with Crippen LogP contribution < -0.4 is 10.5 Å². The molecular formula is C14H14ClN3OS. The van der Waals surface area contributed by atoms with Crippen LogP contribution in [0.4, 0.5) is 0 Å². The molecule has 0 aliphatic heterocycles. The van der Waals surface area contributed by atoms with Crippen molar-refractivity contribution in [2.24, 2.45) is 5.73 Å². The van der Waals surface area contributed by atoms with Crippen molar-refractivity contribution in [1.29, 1.82) is 0 Å². The minimum absolute atomic E-state index is 0.0309. The van der Waals surface area contributed by atoms with Gasteiger partial charge in [0.15, 0.2) is 4.96 Å². The average molecular weight is 308 g/mol. The van der Waals surface area contributed by atoms with E-state index < -0.39 is 0 Å². The number of nitrogens with zero attached hydrogens (tertiary/aromatic N) is 2. The van der Waals surface area contributed by atoms with Crippen LogP contribution in [0.25, 0.3) is 4.96 Å². The zero-order valence-electron chi connectivity index (χ0n) is 10.9. The number of fused-ring (bicyclic) bond motifs is 1. The summed E-state index contributed by atoms with van der Waals surface area (Å²) < 4.78 is 7.89. The Kier molecular flexibility index (Phi) is 3.65. The molecule has 2 aromatic heterocycles. The summed E-state index contributed by atoms with van der Waals surface area (Å²) in [5.41, 5.74) is 6.88. The predicted octanol–water partition coefficient (Wildman–Crippen LogP) is 3.73. The van der Waals surface area contributed by atoms with Gasteiger partial charge in [0.1, 0.15) is 5.75 Å². The minimum atomic E-state index is 0.0309. The number of ether oxygens (including phenoxy) is 1. The van der Waals surface area contributed by atoms with Crippen molar-refractivity contribution in [1.82, 2.24) is 9.38 Å². The summed E-state index contributed by atoms with van der Waals surface area (Å²) in [7, 11) is 0. The van der Waals surface area contributed by atoms with Gasteiger partial charge in [-0.1, -0.05) is 23.7 Å². The van der Waals surface area contributed by atoms with Gasteiger partial charge in [0.2, 0.25) is 5.88 Å². The molecule has 3 aromatic rings. The Balaban J connectivity index is 2.02. The van der Waals surface area contributed by atoms with Gasteiger partial charge in [-0.25, -0.2) is 0 Å². The van der Waals surface area contributed by atoms with E-state index in [4.69, 9.17) is 22.1 Å². The molecule has 0 fully saturated rings. The Morgan fingerprint density at radius 1 is 1.45 bits per heavy atom. The molecule has 0 radical (unpaired) electrons. The topological polar surface area (TPSA) is 52.5 Å². The number of halogens is 1. The molecule has 2 heterocycles. The van der Waals surface area contributed by atoms with Gasteiger partial charge >= 0.3 is 0 Å². The highest BCUT2D eigenvalue weighted by molar-refractivity contribution is 7.15. The zero-order valence-corrected chi connectivity index (χ0v) is 12.5. The Bertz CT molecular complexity index is 735. The Morgan fingerprint density at radius 3 is 3.00 bits per heavy atom. The normalized spacial score (nSPS) is 12.8. The Morgan fingerprint density at radius 2 is 2.25 bits per heavy atom. The first-order valence-corrected chi connectivity index (χ1v) is 7.53. The molecular weight excluding hydrogens is 294 g/mol. The molecule has 1 unspecified atom stereocenters. The van der Waals surface area contributed by atoms with Crippen LogP contribution in [0.5, 0.6) is 11.6 Å². The van der Waals surface area contributed by atoms with Gasteiger partial charge in [-0.05, 0) is 19.1 Å². The molecule has 0 spiro atoms. The quantitative estimate of drug-likeness (QED) is 0.799. The van der Waals surface area contributed by atoms with Gasteiger partial charge in [-0.2, -0.15) is 4.98 Å². The van der Waals surface area contributed by atoms with Crippen LogP contribution in [-0.2, 0) is 6.42 Å². The lowest BCUT2D eigenvalue weighted by molar-refractivity contribution is 0.457. The highest BCUT2D eigenvalue weighted by Crippen LogP contribution is 2.32. The van der Waals surface area contributed by atoms with Crippen LogP contribution in [0.15, 0.2) is 35.8 Å². The van der Waals surface area contributed by atoms with E-state index in [1.54, 1.807) is 17.4 Å². The smallest absolute Gasteiger partial charge is 0.242 e. The molecule has 0 bridgehead atoms. The lowest BCUT2D eigenvalue weighted by Gasteiger charge is -2.09. The largest absolute Gasteiger partial charge is 0.436 e. The molecule has 3 rings (SSSR count). The summed E-state index contributed by atoms with van der Waals surface area (Å²) in [6, 6.07) is 7.39. The lowest BCUT2D eigenvalue weighted by atomic mass is 10.2. The maximum Gasteiger partial charge on any atom is 0.242 e. The van der Waals surface area contributed by atoms with Crippen LogP contribution >= 0.6 is 22.9 Å². The number of hydrogen-bond acceptors (Lipinski definition) is 4. The van der Waals surface area contributed by atoms with Gasteiger partial charge in [0, 0.05) is 24.0 Å². The van der Waals surface area contributed by atoms with Gasteiger partial charge < -0.3 is 10.5 Å². The van der Waals surface area contributed by atoms with Crippen LogP contribution in [0.2, 0.25) is 5.02 Å². The summed E-state index contributed by atoms with van der Waals surface area (Å²) in [5.74, 6) is 1.17. The second kappa shape index (κ2) is 5.44. The van der Waals surface area contributed by atoms with Crippen LogP contribution in [-0.4, -0.2) is 15.4 Å². The molecule has 104 valence electrons. The number of benzene rings is 1. The molecule has 0 aliphatic carbocycles. The van der Waals surface area contributed by atoms with E-state index in [2.05, 4.69) is 4.98 Å². The van der Waals surface area contributed by atoms with Gasteiger partial charge in [0.05, 0.1) is 10.7 Å². The monoisotopic (exact) mass is 307 g/mol. The number of thiazole rings is 1. The van der Waals surface area contributed by atoms with Crippen molar-refractivity contribution in [3.05, 3.63) is 46.6 Å². The molecule has 0 aliphatic rings. The SMILES string of the molecule is CC(N)Cc1c(Oc2ccccc2Cl)nc2sccn12. The predicted molar refractivity (Wildman–Crippen MR) is 81.9 cm³/mol. The fourth-order valence-electron chi connectivity index (χ4n) is 2.02. The van der Waals surface area contributed by atoms with E-state index in [1.807, 2.05) is 41.1 Å². The molecule has 1 aromatic carbocycles. The van der Waals surface area contributed by atoms with E-state index in [0.29, 0.717) is 23.1 Å². The van der Waals surface area contributed by atoms with Crippen molar-refractivity contribution in [2.45, 2.75) is 19.4 Å². The first-order chi connectivity index (χ1) is 9.65. The van der Waals surface area contributed by atoms with Crippen molar-refractivity contribution in [3.63, 3.8) is 0 Å². The number of aromatic nitrogens is 2. The first kappa shape index (κ1) is 13.4. The second-order valence-electron chi connectivity index (χ2n) is 4.63. The third-order valence-corrected chi connectivity index (χ3v) is 3.95. The maximum absolute atomic E-state index is 6.12.